The number of fused-ring (bicyclic) bond motifs is 1. The van der Waals surface area contributed by atoms with E-state index in [4.69, 9.17) is 0 Å². The largest absolute Gasteiger partial charge is 0.341 e. The molecule has 0 aliphatic heterocycles. The van der Waals surface area contributed by atoms with Crippen LogP contribution in [0.25, 0.3) is 21.6 Å². The Labute approximate surface area is 150 Å². The van der Waals surface area contributed by atoms with E-state index in [0.29, 0.717) is 21.6 Å². The van der Waals surface area contributed by atoms with Crippen molar-refractivity contribution in [3.63, 3.8) is 0 Å². The monoisotopic (exact) mass is 365 g/mol. The summed E-state index contributed by atoms with van der Waals surface area (Å²) in [5, 5.41) is 13.0. The fourth-order valence-electron chi connectivity index (χ4n) is 2.79. The molecular weight excluding hydrogens is 354 g/mol. The van der Waals surface area contributed by atoms with Gasteiger partial charge in [-0.1, -0.05) is 18.2 Å². The van der Waals surface area contributed by atoms with Gasteiger partial charge in [0.2, 0.25) is 0 Å². The molecule has 0 bridgehead atoms. The molecule has 4 aromatic rings. The molecule has 0 fully saturated rings. The van der Waals surface area contributed by atoms with E-state index in [2.05, 4.69) is 0 Å². The number of para-hydroxylation sites is 1. The number of aromatic nitrogens is 2. The van der Waals surface area contributed by atoms with E-state index in [-0.39, 0.29) is 5.69 Å². The molecule has 0 amide bonds. The Balaban J connectivity index is 2.07. The van der Waals surface area contributed by atoms with E-state index >= 15 is 0 Å². The third-order valence-corrected chi connectivity index (χ3v) is 4.89. The SMILES string of the molecule is O=c1c2ccsc2n(-c2ccc([N+](=O)[O-])cc2)c(=O)n1-c1ccccc1. The van der Waals surface area contributed by atoms with Crippen LogP contribution in [0.1, 0.15) is 0 Å². The molecule has 0 spiro atoms. The van der Waals surface area contributed by atoms with Gasteiger partial charge in [-0.3, -0.25) is 19.5 Å². The molecular formula is C18H11N3O4S. The maximum Gasteiger partial charge on any atom is 0.341 e. The lowest BCUT2D eigenvalue weighted by atomic mass is 10.2. The number of non-ortho nitro benzene ring substituents is 1. The second-order valence-electron chi connectivity index (χ2n) is 5.51. The smallest absolute Gasteiger partial charge is 0.268 e. The predicted molar refractivity (Wildman–Crippen MR) is 99.7 cm³/mol. The van der Waals surface area contributed by atoms with Crippen molar-refractivity contribution >= 4 is 27.2 Å². The summed E-state index contributed by atoms with van der Waals surface area (Å²) < 4.78 is 2.51. The van der Waals surface area contributed by atoms with Gasteiger partial charge in [0, 0.05) is 12.1 Å². The van der Waals surface area contributed by atoms with Crippen LogP contribution in [0.3, 0.4) is 0 Å². The Kier molecular flexibility index (Phi) is 3.74. The quantitative estimate of drug-likeness (QED) is 0.412. The maximum absolute atomic E-state index is 13.1. The molecule has 128 valence electrons. The maximum atomic E-state index is 13.1. The predicted octanol–water partition coefficient (Wildman–Crippen LogP) is 3.11. The number of nitro groups is 1. The first-order valence-corrected chi connectivity index (χ1v) is 8.51. The zero-order valence-corrected chi connectivity index (χ0v) is 14.1. The van der Waals surface area contributed by atoms with Crippen LogP contribution in [-0.4, -0.2) is 14.1 Å². The summed E-state index contributed by atoms with van der Waals surface area (Å²) in [6.45, 7) is 0. The molecule has 0 N–H and O–H groups in total. The highest BCUT2D eigenvalue weighted by Gasteiger charge is 2.17. The second kappa shape index (κ2) is 6.08. The summed E-state index contributed by atoms with van der Waals surface area (Å²) in [6, 6.07) is 16.0. The van der Waals surface area contributed by atoms with Crippen molar-refractivity contribution < 1.29 is 4.92 Å². The van der Waals surface area contributed by atoms with Gasteiger partial charge in [0.1, 0.15) is 4.83 Å². The fraction of sp³-hybridized carbons (Fsp3) is 0. The molecule has 2 heterocycles. The van der Waals surface area contributed by atoms with Crippen LogP contribution in [0.15, 0.2) is 75.6 Å². The van der Waals surface area contributed by atoms with Crippen molar-refractivity contribution in [3.05, 3.63) is 97.0 Å². The standard InChI is InChI=1S/C18H11N3O4S/c22-16-15-10-11-26-17(15)20(13-6-8-14(9-7-13)21(24)25)18(23)19(16)12-4-2-1-3-5-12/h1-11H. The van der Waals surface area contributed by atoms with Crippen LogP contribution in [0, 0.1) is 10.1 Å². The molecule has 2 aromatic carbocycles. The van der Waals surface area contributed by atoms with Crippen LogP contribution < -0.4 is 11.2 Å². The minimum atomic E-state index is -0.523. The lowest BCUT2D eigenvalue weighted by Gasteiger charge is -2.12. The third-order valence-electron chi connectivity index (χ3n) is 4.00. The number of nitro benzene ring substituents is 1. The molecule has 4 rings (SSSR count). The molecule has 0 atom stereocenters. The summed E-state index contributed by atoms with van der Waals surface area (Å²) in [6.07, 6.45) is 0. The van der Waals surface area contributed by atoms with Crippen LogP contribution in [-0.2, 0) is 0 Å². The fourth-order valence-corrected chi connectivity index (χ4v) is 3.69. The van der Waals surface area contributed by atoms with Crippen LogP contribution in [0.2, 0.25) is 0 Å². The Hall–Kier alpha value is -3.52. The third kappa shape index (κ3) is 2.44. The van der Waals surface area contributed by atoms with Gasteiger partial charge in [-0.05, 0) is 35.7 Å². The molecule has 26 heavy (non-hydrogen) atoms. The van der Waals surface area contributed by atoms with Crippen molar-refractivity contribution in [1.82, 2.24) is 9.13 Å². The van der Waals surface area contributed by atoms with E-state index in [1.54, 1.807) is 41.8 Å². The Morgan fingerprint density at radius 3 is 2.15 bits per heavy atom. The second-order valence-corrected chi connectivity index (χ2v) is 6.40. The average molecular weight is 365 g/mol. The number of hydrogen-bond donors (Lipinski definition) is 0. The molecule has 2 aromatic heterocycles. The van der Waals surface area contributed by atoms with Crippen LogP contribution >= 0.6 is 11.3 Å². The summed E-state index contributed by atoms with van der Waals surface area (Å²) >= 11 is 1.27. The molecule has 7 nitrogen and oxygen atoms in total. The van der Waals surface area contributed by atoms with E-state index in [1.807, 2.05) is 0 Å². The van der Waals surface area contributed by atoms with E-state index in [9.17, 15) is 19.7 Å². The molecule has 0 aliphatic carbocycles. The highest BCUT2D eigenvalue weighted by atomic mass is 32.1. The van der Waals surface area contributed by atoms with Gasteiger partial charge >= 0.3 is 5.69 Å². The average Bonchev–Trinajstić information content (AvgIpc) is 3.13. The van der Waals surface area contributed by atoms with Gasteiger partial charge in [0.05, 0.1) is 21.7 Å². The van der Waals surface area contributed by atoms with Crippen molar-refractivity contribution in [2.24, 2.45) is 0 Å². The molecule has 0 saturated heterocycles. The zero-order chi connectivity index (χ0) is 18.3. The van der Waals surface area contributed by atoms with Gasteiger partial charge in [-0.25, -0.2) is 9.36 Å². The van der Waals surface area contributed by atoms with Crippen molar-refractivity contribution in [3.8, 4) is 11.4 Å². The molecule has 0 saturated carbocycles. The van der Waals surface area contributed by atoms with Gasteiger partial charge in [0.15, 0.2) is 0 Å². The highest BCUT2D eigenvalue weighted by Crippen LogP contribution is 2.22. The van der Waals surface area contributed by atoms with Gasteiger partial charge in [0.25, 0.3) is 11.2 Å². The number of hydrogen-bond acceptors (Lipinski definition) is 5. The minimum absolute atomic E-state index is 0.0689. The Morgan fingerprint density at radius 1 is 0.846 bits per heavy atom. The molecule has 8 heteroatoms. The van der Waals surface area contributed by atoms with Crippen molar-refractivity contribution in [1.29, 1.82) is 0 Å². The van der Waals surface area contributed by atoms with Crippen molar-refractivity contribution in [2.45, 2.75) is 0 Å². The first-order chi connectivity index (χ1) is 12.6. The summed E-state index contributed by atoms with van der Waals surface area (Å²) in [5.41, 5.74) is -0.0646. The first kappa shape index (κ1) is 16.0. The first-order valence-electron chi connectivity index (χ1n) is 7.63. The molecule has 0 unspecified atom stereocenters. The number of thiophene rings is 1. The Morgan fingerprint density at radius 2 is 1.50 bits per heavy atom. The summed E-state index contributed by atoms with van der Waals surface area (Å²) in [4.78, 5) is 36.8. The van der Waals surface area contributed by atoms with E-state index < -0.39 is 16.2 Å². The van der Waals surface area contributed by atoms with Gasteiger partial charge in [-0.15, -0.1) is 11.3 Å². The lowest BCUT2D eigenvalue weighted by Crippen LogP contribution is -2.37. The Bertz CT molecular complexity index is 1240. The summed E-state index contributed by atoms with van der Waals surface area (Å²) in [5.74, 6) is 0. The van der Waals surface area contributed by atoms with Gasteiger partial charge in [-0.2, -0.15) is 0 Å². The van der Waals surface area contributed by atoms with Gasteiger partial charge < -0.3 is 0 Å². The minimum Gasteiger partial charge on any atom is -0.268 e. The topological polar surface area (TPSA) is 87.1 Å². The molecule has 0 aliphatic rings. The van der Waals surface area contributed by atoms with Crippen LogP contribution in [0.5, 0.6) is 0 Å². The number of rotatable bonds is 3. The highest BCUT2D eigenvalue weighted by molar-refractivity contribution is 7.16. The zero-order valence-electron chi connectivity index (χ0n) is 13.2. The number of nitrogens with zero attached hydrogens (tertiary/aromatic N) is 3. The van der Waals surface area contributed by atoms with E-state index in [1.165, 1.54) is 40.2 Å². The lowest BCUT2D eigenvalue weighted by molar-refractivity contribution is -0.384. The van der Waals surface area contributed by atoms with Crippen LogP contribution in [0.4, 0.5) is 5.69 Å². The normalized spacial score (nSPS) is 10.9. The molecule has 0 radical (unpaired) electrons. The van der Waals surface area contributed by atoms with E-state index in [0.717, 1.165) is 4.57 Å². The summed E-state index contributed by atoms with van der Waals surface area (Å²) in [7, 11) is 0. The van der Waals surface area contributed by atoms with Crippen molar-refractivity contribution in [2.75, 3.05) is 0 Å². The number of benzene rings is 2.